The first kappa shape index (κ1) is 15.0. The zero-order valence-electron chi connectivity index (χ0n) is 13.9. The van der Waals surface area contributed by atoms with E-state index < -0.39 is 0 Å². The molecule has 0 aliphatic heterocycles. The fourth-order valence-corrected chi connectivity index (χ4v) is 3.04. The van der Waals surface area contributed by atoms with E-state index in [1.54, 1.807) is 24.9 Å². The molecule has 0 radical (unpaired) electrons. The van der Waals surface area contributed by atoms with E-state index >= 15 is 0 Å². The molecule has 0 atom stereocenters. The summed E-state index contributed by atoms with van der Waals surface area (Å²) in [4.78, 5) is 11.6. The van der Waals surface area contributed by atoms with Crippen molar-refractivity contribution in [2.24, 2.45) is 7.05 Å². The van der Waals surface area contributed by atoms with Gasteiger partial charge >= 0.3 is 0 Å². The number of benzene rings is 1. The van der Waals surface area contributed by atoms with Gasteiger partial charge in [-0.3, -0.25) is 4.98 Å². The van der Waals surface area contributed by atoms with E-state index in [1.165, 1.54) is 0 Å². The largest absolute Gasteiger partial charge is 0.361 e. The van der Waals surface area contributed by atoms with Crippen LogP contribution in [-0.2, 0) is 7.05 Å². The molecule has 4 aromatic rings. The van der Waals surface area contributed by atoms with Crippen LogP contribution < -0.4 is 5.32 Å². The summed E-state index contributed by atoms with van der Waals surface area (Å²) in [5.41, 5.74) is 6.13. The van der Waals surface area contributed by atoms with E-state index in [0.717, 1.165) is 39.1 Å². The normalized spacial score (nSPS) is 10.8. The number of aromatic nitrogens is 4. The SMILES string of the molecule is Cc1c(Nc2c(C#N)cncc2-c2cncn2C)ccc2[nH]ccc12. The van der Waals surface area contributed by atoms with Gasteiger partial charge in [-0.25, -0.2) is 4.98 Å². The van der Waals surface area contributed by atoms with Crippen LogP contribution in [0.5, 0.6) is 0 Å². The number of aromatic amines is 1. The number of aryl methyl sites for hydroxylation is 2. The zero-order chi connectivity index (χ0) is 17.4. The summed E-state index contributed by atoms with van der Waals surface area (Å²) >= 11 is 0. The maximum absolute atomic E-state index is 9.54. The van der Waals surface area contributed by atoms with Crippen LogP contribution in [0, 0.1) is 18.3 Å². The highest BCUT2D eigenvalue weighted by Crippen LogP contribution is 2.34. The number of fused-ring (bicyclic) bond motifs is 1. The molecule has 0 saturated carbocycles. The van der Waals surface area contributed by atoms with E-state index in [9.17, 15) is 5.26 Å². The van der Waals surface area contributed by atoms with Gasteiger partial charge in [0.1, 0.15) is 6.07 Å². The Kier molecular flexibility index (Phi) is 3.47. The molecule has 25 heavy (non-hydrogen) atoms. The molecule has 0 saturated heterocycles. The molecule has 122 valence electrons. The molecule has 0 amide bonds. The van der Waals surface area contributed by atoms with E-state index in [2.05, 4.69) is 39.3 Å². The first-order chi connectivity index (χ1) is 12.2. The highest BCUT2D eigenvalue weighted by atomic mass is 15.0. The molecular weight excluding hydrogens is 312 g/mol. The summed E-state index contributed by atoms with van der Waals surface area (Å²) in [5.74, 6) is 0. The quantitative estimate of drug-likeness (QED) is 0.598. The molecule has 1 aromatic carbocycles. The second-order valence-corrected chi connectivity index (χ2v) is 5.91. The number of nitrogens with zero attached hydrogens (tertiary/aromatic N) is 4. The number of nitriles is 1. The third-order valence-electron chi connectivity index (χ3n) is 4.42. The number of anilines is 2. The summed E-state index contributed by atoms with van der Waals surface area (Å²) in [6.45, 7) is 2.06. The lowest BCUT2D eigenvalue weighted by atomic mass is 10.1. The minimum absolute atomic E-state index is 0.493. The number of nitrogens with one attached hydrogen (secondary N) is 2. The molecule has 0 bridgehead atoms. The van der Waals surface area contributed by atoms with Crippen molar-refractivity contribution in [3.05, 3.63) is 60.4 Å². The fraction of sp³-hybridized carbons (Fsp3) is 0.105. The Labute approximate surface area is 144 Å². The molecule has 0 fully saturated rings. The molecule has 0 aliphatic rings. The van der Waals surface area contributed by atoms with Crippen molar-refractivity contribution >= 4 is 22.3 Å². The smallest absolute Gasteiger partial charge is 0.103 e. The zero-order valence-corrected chi connectivity index (χ0v) is 13.9. The summed E-state index contributed by atoms with van der Waals surface area (Å²) < 4.78 is 1.91. The van der Waals surface area contributed by atoms with Gasteiger partial charge in [0.05, 0.1) is 29.5 Å². The monoisotopic (exact) mass is 328 g/mol. The molecule has 2 N–H and O–H groups in total. The van der Waals surface area contributed by atoms with Gasteiger partial charge in [-0.2, -0.15) is 5.26 Å². The Morgan fingerprint density at radius 3 is 2.80 bits per heavy atom. The molecule has 6 nitrogen and oxygen atoms in total. The minimum atomic E-state index is 0.493. The van der Waals surface area contributed by atoms with Crippen molar-refractivity contribution in [1.82, 2.24) is 19.5 Å². The van der Waals surface area contributed by atoms with E-state index in [0.29, 0.717) is 5.56 Å². The molecule has 4 rings (SSSR count). The minimum Gasteiger partial charge on any atom is -0.361 e. The predicted molar refractivity (Wildman–Crippen MR) is 97.5 cm³/mol. The van der Waals surface area contributed by atoms with Crippen molar-refractivity contribution in [3.63, 3.8) is 0 Å². The van der Waals surface area contributed by atoms with Crippen molar-refractivity contribution in [2.45, 2.75) is 6.92 Å². The van der Waals surface area contributed by atoms with Crippen molar-refractivity contribution in [2.75, 3.05) is 5.32 Å². The third kappa shape index (κ3) is 2.42. The van der Waals surface area contributed by atoms with Crippen LogP contribution in [0.1, 0.15) is 11.1 Å². The lowest BCUT2D eigenvalue weighted by Crippen LogP contribution is -2.01. The number of imidazole rings is 1. The molecule has 6 heteroatoms. The van der Waals surface area contributed by atoms with E-state index in [1.807, 2.05) is 29.9 Å². The standard InChI is InChI=1S/C19H16N6/c1-12-14-5-6-23-17(14)4-3-16(12)24-19-13(7-20)8-21-9-15(19)18-10-22-11-25(18)2/h3-6,8-11,23H,1-2H3,(H,21,24). The number of hydrogen-bond donors (Lipinski definition) is 2. The third-order valence-corrected chi connectivity index (χ3v) is 4.42. The average molecular weight is 328 g/mol. The molecule has 0 unspecified atom stereocenters. The van der Waals surface area contributed by atoms with Crippen LogP contribution in [-0.4, -0.2) is 19.5 Å². The molecule has 3 aromatic heterocycles. The van der Waals surface area contributed by atoms with Gasteiger partial charge in [-0.15, -0.1) is 0 Å². The molecular formula is C19H16N6. The summed E-state index contributed by atoms with van der Waals surface area (Å²) in [5, 5.41) is 14.1. The highest BCUT2D eigenvalue weighted by Gasteiger charge is 2.15. The van der Waals surface area contributed by atoms with Gasteiger partial charge in [0.25, 0.3) is 0 Å². The summed E-state index contributed by atoms with van der Waals surface area (Å²) in [6, 6.07) is 8.33. The van der Waals surface area contributed by atoms with Gasteiger partial charge in [0.15, 0.2) is 0 Å². The maximum atomic E-state index is 9.54. The second kappa shape index (κ2) is 5.80. The van der Waals surface area contributed by atoms with E-state index in [-0.39, 0.29) is 0 Å². The van der Waals surface area contributed by atoms with E-state index in [4.69, 9.17) is 0 Å². The Hall–Kier alpha value is -3.59. The summed E-state index contributed by atoms with van der Waals surface area (Å²) in [6.07, 6.45) is 8.76. The first-order valence-corrected chi connectivity index (χ1v) is 7.87. The molecule has 0 spiro atoms. The van der Waals surface area contributed by atoms with Crippen molar-refractivity contribution < 1.29 is 0 Å². The van der Waals surface area contributed by atoms with Crippen LogP contribution in [0.2, 0.25) is 0 Å². The van der Waals surface area contributed by atoms with Gasteiger partial charge in [-0.1, -0.05) is 0 Å². The van der Waals surface area contributed by atoms with Gasteiger partial charge in [-0.05, 0) is 30.7 Å². The highest BCUT2D eigenvalue weighted by molar-refractivity contribution is 5.91. The summed E-state index contributed by atoms with van der Waals surface area (Å²) in [7, 11) is 1.92. The number of rotatable bonds is 3. The fourth-order valence-electron chi connectivity index (χ4n) is 3.04. The molecule has 0 aliphatic carbocycles. The van der Waals surface area contributed by atoms with Crippen LogP contribution >= 0.6 is 0 Å². The Morgan fingerprint density at radius 2 is 2.04 bits per heavy atom. The number of pyridine rings is 1. The average Bonchev–Trinajstić information content (AvgIpc) is 3.26. The number of H-pyrrole nitrogens is 1. The van der Waals surface area contributed by atoms with Crippen molar-refractivity contribution in [3.8, 4) is 17.3 Å². The topological polar surface area (TPSA) is 82.3 Å². The Bertz CT molecular complexity index is 1110. The van der Waals surface area contributed by atoms with Gasteiger partial charge in [0.2, 0.25) is 0 Å². The lowest BCUT2D eigenvalue weighted by molar-refractivity contribution is 0.920. The van der Waals surface area contributed by atoms with Gasteiger partial charge < -0.3 is 14.9 Å². The molecule has 3 heterocycles. The lowest BCUT2D eigenvalue weighted by Gasteiger charge is -2.15. The second-order valence-electron chi connectivity index (χ2n) is 5.91. The predicted octanol–water partition coefficient (Wildman–Crippen LogP) is 3.89. The van der Waals surface area contributed by atoms with Crippen LogP contribution in [0.25, 0.3) is 22.2 Å². The van der Waals surface area contributed by atoms with Crippen LogP contribution in [0.3, 0.4) is 0 Å². The maximum Gasteiger partial charge on any atom is 0.103 e. The van der Waals surface area contributed by atoms with Crippen molar-refractivity contribution in [1.29, 1.82) is 5.26 Å². The van der Waals surface area contributed by atoms with Gasteiger partial charge in [0, 0.05) is 47.8 Å². The first-order valence-electron chi connectivity index (χ1n) is 7.87. The van der Waals surface area contributed by atoms with Crippen LogP contribution in [0.4, 0.5) is 11.4 Å². The Morgan fingerprint density at radius 1 is 1.16 bits per heavy atom. The Balaban J connectivity index is 1.88. The van der Waals surface area contributed by atoms with Crippen LogP contribution in [0.15, 0.2) is 49.3 Å². The number of hydrogen-bond acceptors (Lipinski definition) is 4.